The van der Waals surface area contributed by atoms with E-state index < -0.39 is 0 Å². The molecule has 0 fully saturated rings. The number of hydrogen-bond acceptors (Lipinski definition) is 5. The van der Waals surface area contributed by atoms with Gasteiger partial charge in [-0.2, -0.15) is 5.10 Å². The van der Waals surface area contributed by atoms with Crippen LogP contribution in [0, 0.1) is 0 Å². The first-order valence-electron chi connectivity index (χ1n) is 9.36. The minimum Gasteiger partial charge on any atom is -0.507 e. The van der Waals surface area contributed by atoms with E-state index in [1.807, 2.05) is 66.7 Å². The first-order chi connectivity index (χ1) is 14.6. The molecule has 1 aromatic heterocycles. The lowest BCUT2D eigenvalue weighted by atomic mass is 10.1. The molecule has 0 aliphatic heterocycles. The van der Waals surface area contributed by atoms with E-state index in [9.17, 15) is 5.11 Å². The predicted octanol–water partition coefficient (Wildman–Crippen LogP) is 5.75. The Morgan fingerprint density at radius 1 is 0.833 bits per heavy atom. The summed E-state index contributed by atoms with van der Waals surface area (Å²) in [6.07, 6.45) is 1.58. The Labute approximate surface area is 183 Å². The lowest BCUT2D eigenvalue weighted by molar-refractivity contribution is 0.474. The van der Waals surface area contributed by atoms with Crippen molar-refractivity contribution in [2.24, 2.45) is 5.10 Å². The molecule has 0 amide bonds. The molecule has 0 spiro atoms. The summed E-state index contributed by atoms with van der Waals surface area (Å²) in [5.41, 5.74) is 4.22. The molecule has 0 unspecified atom stereocenters. The second-order valence-corrected chi connectivity index (χ2v) is 7.56. The molecule has 5 nitrogen and oxygen atoms in total. The zero-order valence-electron chi connectivity index (χ0n) is 16.3. The minimum absolute atomic E-state index is 0.152. The molecular weight excluding hydrogens is 440 g/mol. The van der Waals surface area contributed by atoms with Gasteiger partial charge in [0, 0.05) is 28.2 Å². The zero-order chi connectivity index (χ0) is 20.9. The van der Waals surface area contributed by atoms with Gasteiger partial charge < -0.3 is 5.11 Å². The second kappa shape index (κ2) is 8.88. The normalized spacial score (nSPS) is 11.0. The maximum atomic E-state index is 10.0. The molecule has 1 N–H and O–H groups in total. The molecule has 4 rings (SSSR count). The van der Waals surface area contributed by atoms with Crippen molar-refractivity contribution < 1.29 is 5.11 Å². The molecular formula is C24H19BrN4O. The van der Waals surface area contributed by atoms with Crippen LogP contribution in [0.15, 0.2) is 94.5 Å². The number of hydrazone groups is 1. The Balaban J connectivity index is 1.74. The predicted molar refractivity (Wildman–Crippen MR) is 125 cm³/mol. The Morgan fingerprint density at radius 3 is 1.97 bits per heavy atom. The van der Waals surface area contributed by atoms with Gasteiger partial charge in [0.2, 0.25) is 5.95 Å². The van der Waals surface area contributed by atoms with Crippen LogP contribution in [0.1, 0.15) is 5.56 Å². The quantitative estimate of drug-likeness (QED) is 0.305. The van der Waals surface area contributed by atoms with Gasteiger partial charge in [-0.1, -0.05) is 76.6 Å². The van der Waals surface area contributed by atoms with Crippen LogP contribution in [-0.4, -0.2) is 28.3 Å². The van der Waals surface area contributed by atoms with E-state index >= 15 is 0 Å². The van der Waals surface area contributed by atoms with Gasteiger partial charge in [0.1, 0.15) is 5.75 Å². The number of aromatic nitrogens is 2. The van der Waals surface area contributed by atoms with Crippen molar-refractivity contribution in [1.82, 2.24) is 9.97 Å². The van der Waals surface area contributed by atoms with Gasteiger partial charge in [-0.3, -0.25) is 0 Å². The molecule has 0 atom stereocenters. The van der Waals surface area contributed by atoms with Crippen LogP contribution in [0.5, 0.6) is 5.75 Å². The molecule has 6 heteroatoms. The maximum Gasteiger partial charge on any atom is 0.247 e. The third-order valence-electron chi connectivity index (χ3n) is 4.50. The number of phenolic OH excluding ortho intramolecular Hbond substituents is 1. The Bertz CT molecular complexity index is 1120. The highest BCUT2D eigenvalue weighted by Gasteiger charge is 2.11. The molecule has 1 heterocycles. The van der Waals surface area contributed by atoms with E-state index in [4.69, 9.17) is 9.97 Å². The molecule has 0 radical (unpaired) electrons. The van der Waals surface area contributed by atoms with Gasteiger partial charge in [-0.05, 0) is 24.3 Å². The summed E-state index contributed by atoms with van der Waals surface area (Å²) in [5.74, 6) is 0.611. The van der Waals surface area contributed by atoms with Crippen molar-refractivity contribution in [1.29, 1.82) is 0 Å². The lowest BCUT2D eigenvalue weighted by Gasteiger charge is -2.14. The number of nitrogens with zero attached hydrogens (tertiary/aromatic N) is 4. The van der Waals surface area contributed by atoms with E-state index in [2.05, 4.69) is 21.0 Å². The van der Waals surface area contributed by atoms with E-state index in [-0.39, 0.29) is 5.75 Å². The molecule has 0 aliphatic carbocycles. The van der Waals surface area contributed by atoms with Crippen LogP contribution >= 0.6 is 15.9 Å². The summed E-state index contributed by atoms with van der Waals surface area (Å²) in [6, 6.07) is 27.1. The lowest BCUT2D eigenvalue weighted by Crippen LogP contribution is -2.13. The smallest absolute Gasteiger partial charge is 0.247 e. The van der Waals surface area contributed by atoms with Crippen molar-refractivity contribution in [3.8, 4) is 28.3 Å². The number of benzene rings is 3. The SMILES string of the molecule is CN(/N=C/c1cc(Br)ccc1O)c1nc(-c2ccccc2)cc(-c2ccccc2)n1. The highest BCUT2D eigenvalue weighted by molar-refractivity contribution is 9.10. The summed E-state index contributed by atoms with van der Waals surface area (Å²) >= 11 is 3.41. The van der Waals surface area contributed by atoms with Gasteiger partial charge >= 0.3 is 0 Å². The number of anilines is 1. The molecule has 0 saturated carbocycles. The van der Waals surface area contributed by atoms with Gasteiger partial charge in [0.15, 0.2) is 0 Å². The average molecular weight is 459 g/mol. The molecule has 0 saturated heterocycles. The van der Waals surface area contributed by atoms with E-state index in [1.165, 1.54) is 0 Å². The van der Waals surface area contributed by atoms with Gasteiger partial charge in [0.05, 0.1) is 17.6 Å². The molecule has 4 aromatic rings. The van der Waals surface area contributed by atoms with E-state index in [0.717, 1.165) is 27.0 Å². The standard InChI is InChI=1S/C24H19BrN4O/c1-29(26-16-19-14-20(25)12-13-23(19)30)24-27-21(17-8-4-2-5-9-17)15-22(28-24)18-10-6-3-7-11-18/h2-16,30H,1H3/b26-16+. The van der Waals surface area contributed by atoms with Crippen LogP contribution in [0.4, 0.5) is 5.95 Å². The van der Waals surface area contributed by atoms with Crippen LogP contribution in [0.2, 0.25) is 0 Å². The Kier molecular flexibility index (Phi) is 5.86. The van der Waals surface area contributed by atoms with Crippen molar-refractivity contribution >= 4 is 28.1 Å². The van der Waals surface area contributed by atoms with Gasteiger partial charge in [-0.15, -0.1) is 0 Å². The number of rotatable bonds is 5. The number of halogens is 1. The molecule has 148 valence electrons. The second-order valence-electron chi connectivity index (χ2n) is 6.64. The third-order valence-corrected chi connectivity index (χ3v) is 5.00. The van der Waals surface area contributed by atoms with Crippen LogP contribution in [-0.2, 0) is 0 Å². The fourth-order valence-corrected chi connectivity index (χ4v) is 3.30. The van der Waals surface area contributed by atoms with E-state index in [1.54, 1.807) is 36.5 Å². The molecule has 0 bridgehead atoms. The first-order valence-corrected chi connectivity index (χ1v) is 10.2. The fraction of sp³-hybridized carbons (Fsp3) is 0.0417. The highest BCUT2D eigenvalue weighted by Crippen LogP contribution is 2.26. The topological polar surface area (TPSA) is 61.6 Å². The van der Waals surface area contributed by atoms with Crippen molar-refractivity contribution in [2.75, 3.05) is 12.1 Å². The first kappa shape index (κ1) is 19.8. The van der Waals surface area contributed by atoms with Crippen LogP contribution in [0.25, 0.3) is 22.5 Å². The van der Waals surface area contributed by atoms with Crippen LogP contribution < -0.4 is 5.01 Å². The Hall–Kier alpha value is -3.51. The summed E-state index contributed by atoms with van der Waals surface area (Å²) < 4.78 is 0.859. The monoisotopic (exact) mass is 458 g/mol. The fourth-order valence-electron chi connectivity index (χ4n) is 2.92. The summed E-state index contributed by atoms with van der Waals surface area (Å²) in [4.78, 5) is 9.42. The third kappa shape index (κ3) is 4.55. The summed E-state index contributed by atoms with van der Waals surface area (Å²) in [7, 11) is 1.78. The number of phenols is 1. The van der Waals surface area contributed by atoms with Gasteiger partial charge in [-0.25, -0.2) is 15.0 Å². The number of aromatic hydroxyl groups is 1. The zero-order valence-corrected chi connectivity index (χ0v) is 17.9. The van der Waals surface area contributed by atoms with Crippen molar-refractivity contribution in [3.05, 3.63) is 95.0 Å². The van der Waals surface area contributed by atoms with Crippen LogP contribution in [0.3, 0.4) is 0 Å². The molecule has 3 aromatic carbocycles. The Morgan fingerprint density at radius 2 is 1.40 bits per heavy atom. The number of hydrogen-bond donors (Lipinski definition) is 1. The summed E-state index contributed by atoms with van der Waals surface area (Å²) in [6.45, 7) is 0. The minimum atomic E-state index is 0.152. The summed E-state index contributed by atoms with van der Waals surface area (Å²) in [5, 5.41) is 16.1. The van der Waals surface area contributed by atoms with Crippen molar-refractivity contribution in [2.45, 2.75) is 0 Å². The highest BCUT2D eigenvalue weighted by atomic mass is 79.9. The largest absolute Gasteiger partial charge is 0.507 e. The maximum absolute atomic E-state index is 10.0. The average Bonchev–Trinajstić information content (AvgIpc) is 2.80. The molecule has 0 aliphatic rings. The van der Waals surface area contributed by atoms with E-state index in [0.29, 0.717) is 11.5 Å². The van der Waals surface area contributed by atoms with Crippen molar-refractivity contribution in [3.63, 3.8) is 0 Å². The molecule has 30 heavy (non-hydrogen) atoms. The van der Waals surface area contributed by atoms with Gasteiger partial charge in [0.25, 0.3) is 0 Å².